The number of hydrogen-bond donors (Lipinski definition) is 2. The summed E-state index contributed by atoms with van der Waals surface area (Å²) < 4.78 is 6.86. The van der Waals surface area contributed by atoms with Gasteiger partial charge in [0.2, 0.25) is 11.8 Å². The van der Waals surface area contributed by atoms with E-state index in [4.69, 9.17) is 10.5 Å². The molecule has 0 aliphatic carbocycles. The Kier molecular flexibility index (Phi) is 3.20. The first-order chi connectivity index (χ1) is 9.22. The lowest BCUT2D eigenvalue weighted by molar-refractivity contribution is 0.297. The number of fused-ring (bicyclic) bond motifs is 1. The lowest BCUT2D eigenvalue weighted by Gasteiger charge is -2.06. The molecule has 6 nitrogen and oxygen atoms in total. The molecule has 0 aliphatic heterocycles. The van der Waals surface area contributed by atoms with Crippen molar-refractivity contribution in [2.45, 2.75) is 6.61 Å². The van der Waals surface area contributed by atoms with Crippen LogP contribution >= 0.6 is 22.6 Å². The first kappa shape index (κ1) is 12.2. The number of halogens is 1. The topological polar surface area (TPSA) is 89.7 Å². The van der Waals surface area contributed by atoms with Gasteiger partial charge in [0.05, 0.1) is 6.33 Å². The minimum absolute atomic E-state index is 0.150. The third-order valence-corrected chi connectivity index (χ3v) is 3.28. The Bertz CT molecular complexity index is 710. The van der Waals surface area contributed by atoms with Gasteiger partial charge in [-0.2, -0.15) is 9.97 Å². The maximum Gasteiger partial charge on any atom is 0.245 e. The average Bonchev–Trinajstić information content (AvgIpc) is 2.85. The van der Waals surface area contributed by atoms with Gasteiger partial charge in [0.1, 0.15) is 12.1 Å². The van der Waals surface area contributed by atoms with Crippen LogP contribution in [0.1, 0.15) is 5.56 Å². The maximum absolute atomic E-state index is 5.68. The number of nitrogens with two attached hydrogens (primary N) is 1. The molecule has 3 aromatic rings. The number of imidazole rings is 1. The molecule has 3 N–H and O–H groups in total. The van der Waals surface area contributed by atoms with Gasteiger partial charge in [0, 0.05) is 3.57 Å². The number of anilines is 1. The highest BCUT2D eigenvalue weighted by Gasteiger charge is 2.09. The minimum atomic E-state index is 0.150. The van der Waals surface area contributed by atoms with E-state index in [-0.39, 0.29) is 5.95 Å². The van der Waals surface area contributed by atoms with Crippen LogP contribution in [-0.2, 0) is 6.61 Å². The zero-order valence-electron chi connectivity index (χ0n) is 9.80. The van der Waals surface area contributed by atoms with Crippen LogP contribution in [0.5, 0.6) is 5.88 Å². The van der Waals surface area contributed by atoms with E-state index < -0.39 is 0 Å². The normalized spacial score (nSPS) is 10.8. The van der Waals surface area contributed by atoms with E-state index in [1.165, 1.54) is 9.90 Å². The fourth-order valence-electron chi connectivity index (χ4n) is 1.66. The lowest BCUT2D eigenvalue weighted by Crippen LogP contribution is -2.02. The van der Waals surface area contributed by atoms with Crippen molar-refractivity contribution >= 4 is 39.7 Å². The Balaban J connectivity index is 1.85. The number of nitrogen functional groups attached to an aromatic ring is 1. The first-order valence-corrected chi connectivity index (χ1v) is 6.64. The molecule has 0 amide bonds. The monoisotopic (exact) mass is 367 g/mol. The summed E-state index contributed by atoms with van der Waals surface area (Å²) in [7, 11) is 0. The van der Waals surface area contributed by atoms with Crippen molar-refractivity contribution in [1.82, 2.24) is 19.9 Å². The van der Waals surface area contributed by atoms with Crippen molar-refractivity contribution in [2.24, 2.45) is 0 Å². The lowest BCUT2D eigenvalue weighted by atomic mass is 10.2. The first-order valence-electron chi connectivity index (χ1n) is 5.56. The molecule has 0 radical (unpaired) electrons. The van der Waals surface area contributed by atoms with E-state index in [2.05, 4.69) is 42.5 Å². The fraction of sp³-hybridized carbons (Fsp3) is 0.0833. The van der Waals surface area contributed by atoms with Gasteiger partial charge in [-0.3, -0.25) is 0 Å². The number of nitrogens with zero attached hydrogens (tertiary/aromatic N) is 3. The van der Waals surface area contributed by atoms with Gasteiger partial charge in [-0.05, 0) is 40.3 Å². The molecule has 0 aliphatic rings. The van der Waals surface area contributed by atoms with Gasteiger partial charge in [0.25, 0.3) is 0 Å². The highest BCUT2D eigenvalue weighted by Crippen LogP contribution is 2.20. The predicted octanol–water partition coefficient (Wildman–Crippen LogP) is 2.12. The SMILES string of the molecule is Nc1nc(OCc2ccc(I)cc2)c2[nH]cnc2n1. The van der Waals surface area contributed by atoms with Crippen molar-refractivity contribution in [3.8, 4) is 5.88 Å². The molecule has 2 heterocycles. The molecular weight excluding hydrogens is 357 g/mol. The summed E-state index contributed by atoms with van der Waals surface area (Å²) in [6, 6.07) is 8.08. The van der Waals surface area contributed by atoms with Crippen LogP contribution in [0.3, 0.4) is 0 Å². The van der Waals surface area contributed by atoms with E-state index in [1.54, 1.807) is 0 Å². The van der Waals surface area contributed by atoms with Crippen molar-refractivity contribution in [3.63, 3.8) is 0 Å². The molecule has 0 fully saturated rings. The molecule has 0 atom stereocenters. The van der Waals surface area contributed by atoms with Crippen LogP contribution in [0.15, 0.2) is 30.6 Å². The minimum Gasteiger partial charge on any atom is -0.471 e. The molecule has 96 valence electrons. The third-order valence-electron chi connectivity index (χ3n) is 2.56. The van der Waals surface area contributed by atoms with Gasteiger partial charge in [0.15, 0.2) is 5.65 Å². The van der Waals surface area contributed by atoms with Gasteiger partial charge < -0.3 is 15.5 Å². The summed E-state index contributed by atoms with van der Waals surface area (Å²) in [5.74, 6) is 0.566. The average molecular weight is 367 g/mol. The van der Waals surface area contributed by atoms with E-state index in [0.29, 0.717) is 23.7 Å². The molecule has 0 spiro atoms. The second-order valence-electron chi connectivity index (χ2n) is 3.90. The maximum atomic E-state index is 5.68. The molecular formula is C12H10IN5O. The summed E-state index contributed by atoms with van der Waals surface area (Å²) in [6.45, 7) is 0.418. The number of aromatic amines is 1. The van der Waals surface area contributed by atoms with Gasteiger partial charge in [-0.15, -0.1) is 0 Å². The van der Waals surface area contributed by atoms with Crippen LogP contribution in [-0.4, -0.2) is 19.9 Å². The zero-order valence-corrected chi connectivity index (χ0v) is 12.0. The number of aromatic nitrogens is 4. The van der Waals surface area contributed by atoms with Gasteiger partial charge in [-0.25, -0.2) is 4.98 Å². The molecule has 0 unspecified atom stereocenters. The summed E-state index contributed by atoms with van der Waals surface area (Å²) in [6.07, 6.45) is 1.54. The number of benzene rings is 1. The summed E-state index contributed by atoms with van der Waals surface area (Å²) in [4.78, 5) is 15.1. The summed E-state index contributed by atoms with van der Waals surface area (Å²) in [5.41, 5.74) is 7.83. The van der Waals surface area contributed by atoms with Crippen molar-refractivity contribution in [3.05, 3.63) is 39.7 Å². The molecule has 3 rings (SSSR count). The highest BCUT2D eigenvalue weighted by atomic mass is 127. The molecule has 7 heteroatoms. The largest absolute Gasteiger partial charge is 0.471 e. The molecule has 0 saturated carbocycles. The predicted molar refractivity (Wildman–Crippen MR) is 79.6 cm³/mol. The Hall–Kier alpha value is -1.90. The summed E-state index contributed by atoms with van der Waals surface area (Å²) >= 11 is 2.26. The number of rotatable bonds is 3. The highest BCUT2D eigenvalue weighted by molar-refractivity contribution is 14.1. The smallest absolute Gasteiger partial charge is 0.245 e. The van der Waals surface area contributed by atoms with Crippen LogP contribution in [0.25, 0.3) is 11.2 Å². The molecule has 0 saturated heterocycles. The van der Waals surface area contributed by atoms with E-state index >= 15 is 0 Å². The number of nitrogens with one attached hydrogen (secondary N) is 1. The second kappa shape index (κ2) is 5.00. The summed E-state index contributed by atoms with van der Waals surface area (Å²) in [5, 5.41) is 0. The molecule has 19 heavy (non-hydrogen) atoms. The Labute approximate surface area is 122 Å². The molecule has 0 bridgehead atoms. The van der Waals surface area contributed by atoms with Crippen molar-refractivity contribution < 1.29 is 4.74 Å². The van der Waals surface area contributed by atoms with E-state index in [9.17, 15) is 0 Å². The quantitative estimate of drug-likeness (QED) is 0.693. The fourth-order valence-corrected chi connectivity index (χ4v) is 2.02. The van der Waals surface area contributed by atoms with E-state index in [0.717, 1.165) is 5.56 Å². The number of hydrogen-bond acceptors (Lipinski definition) is 5. The number of ether oxygens (including phenoxy) is 1. The van der Waals surface area contributed by atoms with Crippen LogP contribution in [0.4, 0.5) is 5.95 Å². The molecule has 1 aromatic carbocycles. The molecule has 2 aromatic heterocycles. The third kappa shape index (κ3) is 2.60. The van der Waals surface area contributed by atoms with Crippen LogP contribution in [0, 0.1) is 3.57 Å². The number of H-pyrrole nitrogens is 1. The Morgan fingerprint density at radius 3 is 2.79 bits per heavy atom. The Morgan fingerprint density at radius 2 is 2.00 bits per heavy atom. The zero-order chi connectivity index (χ0) is 13.2. The Morgan fingerprint density at radius 1 is 1.21 bits per heavy atom. The van der Waals surface area contributed by atoms with Gasteiger partial charge >= 0.3 is 0 Å². The van der Waals surface area contributed by atoms with Gasteiger partial charge in [-0.1, -0.05) is 12.1 Å². The van der Waals surface area contributed by atoms with E-state index in [1.807, 2.05) is 24.3 Å². The van der Waals surface area contributed by atoms with Crippen molar-refractivity contribution in [2.75, 3.05) is 5.73 Å². The van der Waals surface area contributed by atoms with Crippen molar-refractivity contribution in [1.29, 1.82) is 0 Å². The standard InChI is InChI=1S/C12H10IN5O/c13-8-3-1-7(2-4-8)5-19-11-9-10(16-6-15-9)17-12(14)18-11/h1-4,6H,5H2,(H3,14,15,16,17,18). The van der Waals surface area contributed by atoms with Crippen LogP contribution < -0.4 is 10.5 Å². The second-order valence-corrected chi connectivity index (χ2v) is 5.15. The van der Waals surface area contributed by atoms with Crippen LogP contribution in [0.2, 0.25) is 0 Å².